The van der Waals surface area contributed by atoms with Gasteiger partial charge in [0.25, 0.3) is 0 Å². The number of benzene rings is 4. The quantitative estimate of drug-likeness (QED) is 0.0689. The number of para-hydroxylation sites is 2. The van der Waals surface area contributed by atoms with E-state index in [0.29, 0.717) is 53.2 Å². The summed E-state index contributed by atoms with van der Waals surface area (Å²) in [5.74, 6) is -6.20. The van der Waals surface area contributed by atoms with Crippen LogP contribution in [0.15, 0.2) is 109 Å². The first-order valence-electron chi connectivity index (χ1n) is 17.6. The third-order valence-electron chi connectivity index (χ3n) is 8.95. The van der Waals surface area contributed by atoms with Crippen LogP contribution in [0.3, 0.4) is 0 Å². The van der Waals surface area contributed by atoms with Crippen LogP contribution in [-0.4, -0.2) is 84.3 Å². The van der Waals surface area contributed by atoms with E-state index in [4.69, 9.17) is 0 Å². The van der Waals surface area contributed by atoms with Crippen molar-refractivity contribution in [2.45, 2.75) is 50.4 Å². The molecule has 0 aliphatic carbocycles. The van der Waals surface area contributed by atoms with E-state index in [9.17, 15) is 45.5 Å². The Hall–Kier alpha value is -5.54. The van der Waals surface area contributed by atoms with Crippen molar-refractivity contribution in [1.29, 1.82) is 0 Å². The molecule has 0 saturated carbocycles. The second kappa shape index (κ2) is 18.4. The summed E-state index contributed by atoms with van der Waals surface area (Å²) in [6, 6.07) is 28.2. The van der Waals surface area contributed by atoms with Crippen LogP contribution in [0.2, 0.25) is 0 Å². The van der Waals surface area contributed by atoms with Crippen molar-refractivity contribution in [3.63, 3.8) is 0 Å². The van der Waals surface area contributed by atoms with Gasteiger partial charge in [-0.2, -0.15) is 0 Å². The molecule has 18 heteroatoms. The molecule has 0 spiro atoms. The minimum absolute atomic E-state index is 0.00368. The number of hydrogen-bond acceptors (Lipinski definition) is 4. The number of nitrogens with one attached hydrogen (secondary N) is 6. The fraction of sp³-hybridized carbons (Fsp3) is 0.200. The fourth-order valence-corrected chi connectivity index (χ4v) is 13.2. The molecule has 2 heterocycles. The second-order valence-corrected chi connectivity index (χ2v) is 19.0. The third kappa shape index (κ3) is 10.7. The van der Waals surface area contributed by atoms with Gasteiger partial charge in [0.05, 0.1) is 0 Å². The Balaban J connectivity index is 1.30. The van der Waals surface area contributed by atoms with E-state index in [-0.39, 0.29) is 25.9 Å². The molecule has 6 rings (SSSR count). The Bertz CT molecular complexity index is 2240. The number of aromatic amines is 2. The van der Waals surface area contributed by atoms with E-state index in [1.807, 2.05) is 10.6 Å². The minimum atomic E-state index is -5.25. The van der Waals surface area contributed by atoms with E-state index in [1.165, 1.54) is 0 Å². The maximum absolute atomic E-state index is 13.5. The summed E-state index contributed by atoms with van der Waals surface area (Å²) < 4.78 is 82.3. The predicted molar refractivity (Wildman–Crippen MR) is 207 cm³/mol. The molecular formula is C40H34F6N6O4Se2. The molecule has 0 aliphatic rings. The van der Waals surface area contributed by atoms with Crippen molar-refractivity contribution in [3.8, 4) is 0 Å². The van der Waals surface area contributed by atoms with Crippen LogP contribution >= 0.6 is 0 Å². The average molecular weight is 935 g/mol. The number of aromatic nitrogens is 2. The Kier molecular flexibility index (Phi) is 13.3. The first-order valence-corrected chi connectivity index (χ1v) is 23.6. The molecule has 0 radical (unpaired) electrons. The van der Waals surface area contributed by atoms with Gasteiger partial charge in [0.1, 0.15) is 0 Å². The predicted octanol–water partition coefficient (Wildman–Crippen LogP) is 3.74. The van der Waals surface area contributed by atoms with Crippen molar-refractivity contribution in [2.75, 3.05) is 0 Å². The number of fused-ring (bicyclic) bond motifs is 2. The monoisotopic (exact) mass is 936 g/mol. The van der Waals surface area contributed by atoms with E-state index in [1.54, 1.807) is 109 Å². The van der Waals surface area contributed by atoms with Crippen molar-refractivity contribution >= 4 is 80.9 Å². The maximum atomic E-state index is 13.5. The van der Waals surface area contributed by atoms with Gasteiger partial charge in [-0.15, -0.1) is 0 Å². The van der Waals surface area contributed by atoms with Gasteiger partial charge < -0.3 is 0 Å². The molecule has 302 valence electrons. The third-order valence-corrected chi connectivity index (χ3v) is 15.8. The van der Waals surface area contributed by atoms with E-state index in [0.717, 1.165) is 0 Å². The normalized spacial score (nSPS) is 12.9. The summed E-state index contributed by atoms with van der Waals surface area (Å²) in [7, 11) is 0. The summed E-state index contributed by atoms with van der Waals surface area (Å²) in [6.07, 6.45) is -11.1. The molecule has 2 atom stereocenters. The van der Waals surface area contributed by atoms with Crippen LogP contribution in [0.1, 0.15) is 22.3 Å². The number of alkyl halides is 6. The Morgan fingerprint density at radius 1 is 0.517 bits per heavy atom. The van der Waals surface area contributed by atoms with E-state index >= 15 is 0 Å². The van der Waals surface area contributed by atoms with Crippen LogP contribution in [-0.2, 0) is 45.1 Å². The van der Waals surface area contributed by atoms with Crippen LogP contribution < -0.4 is 30.5 Å². The van der Waals surface area contributed by atoms with E-state index in [2.05, 4.69) is 20.6 Å². The van der Waals surface area contributed by atoms with Gasteiger partial charge in [-0.1, -0.05) is 0 Å². The number of hydrogen-bond donors (Lipinski definition) is 6. The number of rotatable bonds is 15. The number of carbonyl (C=O) groups is 4. The fourth-order valence-electron chi connectivity index (χ4n) is 6.11. The van der Waals surface area contributed by atoms with Crippen molar-refractivity contribution in [1.82, 2.24) is 31.2 Å². The summed E-state index contributed by atoms with van der Waals surface area (Å²) in [6.45, 7) is 0.00736. The molecule has 0 saturated heterocycles. The number of carbonyl (C=O) groups excluding carboxylic acids is 4. The molecule has 2 aromatic heterocycles. The molecule has 6 N–H and O–H groups in total. The molecule has 0 bridgehead atoms. The Labute approximate surface area is 338 Å². The molecule has 0 fully saturated rings. The zero-order chi connectivity index (χ0) is 41.5. The van der Waals surface area contributed by atoms with Crippen molar-refractivity contribution in [3.05, 3.63) is 131 Å². The molecule has 0 aliphatic heterocycles. The first kappa shape index (κ1) is 42.1. The van der Waals surface area contributed by atoms with Gasteiger partial charge in [-0.3, -0.25) is 0 Å². The summed E-state index contributed by atoms with van der Waals surface area (Å²) >= 11 is -1.03. The van der Waals surface area contributed by atoms with Gasteiger partial charge in [0.2, 0.25) is 0 Å². The van der Waals surface area contributed by atoms with Gasteiger partial charge >= 0.3 is 339 Å². The number of H-pyrrole nitrogens is 2. The second-order valence-electron chi connectivity index (χ2n) is 13.0. The summed E-state index contributed by atoms with van der Waals surface area (Å²) in [5, 5.41) is 10.2. The van der Waals surface area contributed by atoms with Crippen LogP contribution in [0.25, 0.3) is 21.8 Å². The summed E-state index contributed by atoms with van der Waals surface area (Å²) in [4.78, 5) is 58.0. The van der Waals surface area contributed by atoms with E-state index < -0.39 is 74.3 Å². The number of amides is 4. The molecule has 4 aromatic carbocycles. The topological polar surface area (TPSA) is 148 Å². The van der Waals surface area contributed by atoms with Crippen LogP contribution in [0, 0.1) is 0 Å². The van der Waals surface area contributed by atoms with Crippen molar-refractivity contribution in [2.24, 2.45) is 0 Å². The zero-order valence-corrected chi connectivity index (χ0v) is 33.5. The first-order chi connectivity index (χ1) is 27.7. The van der Waals surface area contributed by atoms with Gasteiger partial charge in [0, 0.05) is 0 Å². The molecular weight excluding hydrogens is 900 g/mol. The molecule has 58 heavy (non-hydrogen) atoms. The molecule has 10 nitrogen and oxygen atoms in total. The Morgan fingerprint density at radius 2 is 0.862 bits per heavy atom. The van der Waals surface area contributed by atoms with Gasteiger partial charge in [-0.05, 0) is 0 Å². The van der Waals surface area contributed by atoms with Crippen LogP contribution in [0.5, 0.6) is 0 Å². The summed E-state index contributed by atoms with van der Waals surface area (Å²) in [5.41, 5.74) is 3.67. The Morgan fingerprint density at radius 3 is 1.22 bits per heavy atom. The number of halogens is 6. The van der Waals surface area contributed by atoms with Gasteiger partial charge in [-0.25, -0.2) is 0 Å². The molecule has 0 unspecified atom stereocenters. The molecule has 4 amide bonds. The average Bonchev–Trinajstić information content (AvgIpc) is 3.74. The molecule has 6 aromatic rings. The van der Waals surface area contributed by atoms with Crippen LogP contribution in [0.4, 0.5) is 26.3 Å². The zero-order valence-electron chi connectivity index (χ0n) is 30.1. The SMILES string of the molecule is O=C(NCc1ccccc1)[C@H](Cc1c([Se][Se]c2[nH]c3ccccc3c2C[C@@H](NC(=O)C(F)(F)F)C(=O)NCc2ccccc2)[nH]c2ccccc12)NC(=O)C(F)(F)F. The van der Waals surface area contributed by atoms with Crippen molar-refractivity contribution < 1.29 is 45.5 Å². The van der Waals surface area contributed by atoms with Gasteiger partial charge in [0.15, 0.2) is 0 Å². The standard InChI is InChI=1S/C40H34F6N6O4Se2/c41-39(42,43)37(55)51-31(33(53)47-21-23-11-3-1-4-12-23)19-27-25-15-7-9-17-29(25)49-35(27)57-58-36-28(26-16-8-10-18-30(26)50-36)20-32(52-38(56)40(44,45)46)34(54)48-22-24-13-5-2-6-14-24/h1-18,31-32,49-50H,19-22H2,(H,47,53)(H,48,54)(H,51,55)(H,52,56)/t31-,32+.